The predicted molar refractivity (Wildman–Crippen MR) is 88.9 cm³/mol. The molecule has 0 unspecified atom stereocenters. The van der Waals surface area contributed by atoms with Gasteiger partial charge in [-0.05, 0) is 47.5 Å². The van der Waals surface area contributed by atoms with Crippen molar-refractivity contribution in [3.63, 3.8) is 0 Å². The lowest BCUT2D eigenvalue weighted by Crippen LogP contribution is -1.92. The number of ether oxygens (including phenoxy) is 2. The lowest BCUT2D eigenvalue weighted by atomic mass is 10.0. The molecule has 4 nitrogen and oxygen atoms in total. The molecule has 0 aliphatic heterocycles. The molecular formula is C17H16ClNO3. The Hall–Kier alpha value is -2.46. The molecule has 0 bridgehead atoms. The van der Waals surface area contributed by atoms with Crippen molar-refractivity contribution >= 4 is 28.4 Å². The van der Waals surface area contributed by atoms with Gasteiger partial charge in [0.1, 0.15) is 11.5 Å². The number of rotatable bonds is 5. The van der Waals surface area contributed by atoms with Crippen LogP contribution in [0.15, 0.2) is 53.7 Å². The number of oxime groups is 1. The Kier molecular flexibility index (Phi) is 5.44. The van der Waals surface area contributed by atoms with Gasteiger partial charge in [-0.25, -0.2) is 0 Å². The van der Waals surface area contributed by atoms with Crippen LogP contribution in [-0.2, 0) is 0 Å². The van der Waals surface area contributed by atoms with E-state index < -0.39 is 0 Å². The van der Waals surface area contributed by atoms with Crippen molar-refractivity contribution in [3.8, 4) is 11.5 Å². The smallest absolute Gasteiger partial charge is 0.118 e. The van der Waals surface area contributed by atoms with E-state index >= 15 is 0 Å². The normalized spacial score (nSPS) is 12.1. The highest BCUT2D eigenvalue weighted by Gasteiger charge is 2.09. The van der Waals surface area contributed by atoms with Crippen LogP contribution in [-0.4, -0.2) is 25.6 Å². The Morgan fingerprint density at radius 1 is 0.909 bits per heavy atom. The van der Waals surface area contributed by atoms with Crippen LogP contribution in [0.2, 0.25) is 0 Å². The molecule has 0 saturated heterocycles. The van der Waals surface area contributed by atoms with Crippen molar-refractivity contribution in [3.05, 3.63) is 59.7 Å². The molecule has 0 aromatic heterocycles. The largest absolute Gasteiger partial charge is 0.497 e. The van der Waals surface area contributed by atoms with Crippen LogP contribution in [0.1, 0.15) is 11.1 Å². The van der Waals surface area contributed by atoms with Crippen LogP contribution in [0, 0.1) is 0 Å². The fraction of sp³-hybridized carbons (Fsp3) is 0.118. The Labute approximate surface area is 134 Å². The molecular weight excluding hydrogens is 302 g/mol. The summed E-state index contributed by atoms with van der Waals surface area (Å²) in [6.45, 7) is 0. The maximum absolute atomic E-state index is 8.91. The van der Waals surface area contributed by atoms with Gasteiger partial charge in [-0.1, -0.05) is 28.9 Å². The molecule has 0 amide bonds. The first-order valence-corrected chi connectivity index (χ1v) is 6.93. The first-order valence-electron chi connectivity index (χ1n) is 6.55. The molecule has 0 atom stereocenters. The van der Waals surface area contributed by atoms with E-state index in [0.29, 0.717) is 10.6 Å². The molecule has 0 heterocycles. The van der Waals surface area contributed by atoms with Gasteiger partial charge in [-0.2, -0.15) is 0 Å². The summed E-state index contributed by atoms with van der Waals surface area (Å²) < 4.78 is 10.3. The van der Waals surface area contributed by atoms with E-state index in [1.807, 2.05) is 48.5 Å². The molecule has 0 radical (unpaired) electrons. The number of benzene rings is 2. The summed E-state index contributed by atoms with van der Waals surface area (Å²) in [5.41, 5.74) is 2.23. The van der Waals surface area contributed by atoms with E-state index in [1.54, 1.807) is 14.2 Å². The lowest BCUT2D eigenvalue weighted by molar-refractivity contribution is 0.322. The van der Waals surface area contributed by atoms with Crippen LogP contribution in [0.5, 0.6) is 11.5 Å². The number of allylic oxidation sites excluding steroid dienone is 1. The third-order valence-electron chi connectivity index (χ3n) is 3.17. The highest BCUT2D eigenvalue weighted by atomic mass is 35.5. The second-order valence-corrected chi connectivity index (χ2v) is 4.81. The molecule has 114 valence electrons. The van der Waals surface area contributed by atoms with Crippen molar-refractivity contribution < 1.29 is 14.7 Å². The number of hydrogen-bond acceptors (Lipinski definition) is 4. The topological polar surface area (TPSA) is 51.0 Å². The lowest BCUT2D eigenvalue weighted by Gasteiger charge is -2.08. The van der Waals surface area contributed by atoms with Gasteiger partial charge in [0.25, 0.3) is 0 Å². The fourth-order valence-corrected chi connectivity index (χ4v) is 2.26. The Morgan fingerprint density at radius 3 is 1.77 bits per heavy atom. The van der Waals surface area contributed by atoms with Gasteiger partial charge in [-0.3, -0.25) is 0 Å². The summed E-state index contributed by atoms with van der Waals surface area (Å²) >= 11 is 6.46. The summed E-state index contributed by atoms with van der Waals surface area (Å²) in [7, 11) is 3.21. The first-order chi connectivity index (χ1) is 10.7. The van der Waals surface area contributed by atoms with Gasteiger partial charge < -0.3 is 14.7 Å². The van der Waals surface area contributed by atoms with Gasteiger partial charge >= 0.3 is 0 Å². The van der Waals surface area contributed by atoms with Gasteiger partial charge in [0.05, 0.1) is 25.5 Å². The highest BCUT2D eigenvalue weighted by Crippen LogP contribution is 2.30. The van der Waals surface area contributed by atoms with E-state index in [4.69, 9.17) is 26.3 Å². The zero-order valence-electron chi connectivity index (χ0n) is 12.3. The van der Waals surface area contributed by atoms with Crippen molar-refractivity contribution in [1.82, 2.24) is 0 Å². The van der Waals surface area contributed by atoms with Gasteiger partial charge in [0.2, 0.25) is 0 Å². The average Bonchev–Trinajstić information content (AvgIpc) is 2.59. The number of nitrogens with zero attached hydrogens (tertiary/aromatic N) is 1. The monoisotopic (exact) mass is 317 g/mol. The van der Waals surface area contributed by atoms with Crippen molar-refractivity contribution in [2.24, 2.45) is 5.16 Å². The molecule has 2 aromatic rings. The maximum atomic E-state index is 8.91. The minimum Gasteiger partial charge on any atom is -0.497 e. The Balaban J connectivity index is 2.46. The average molecular weight is 318 g/mol. The zero-order chi connectivity index (χ0) is 15.9. The van der Waals surface area contributed by atoms with Crippen LogP contribution in [0.4, 0.5) is 0 Å². The molecule has 0 aliphatic rings. The van der Waals surface area contributed by atoms with E-state index in [-0.39, 0.29) is 0 Å². The molecule has 1 N–H and O–H groups in total. The molecule has 2 aromatic carbocycles. The maximum Gasteiger partial charge on any atom is 0.118 e. The van der Waals surface area contributed by atoms with E-state index in [9.17, 15) is 0 Å². The van der Waals surface area contributed by atoms with Crippen LogP contribution in [0.25, 0.3) is 10.6 Å². The Morgan fingerprint density at radius 2 is 1.36 bits per heavy atom. The highest BCUT2D eigenvalue weighted by molar-refractivity contribution is 6.56. The third kappa shape index (κ3) is 3.59. The molecule has 0 fully saturated rings. The van der Waals surface area contributed by atoms with Crippen LogP contribution >= 0.6 is 11.6 Å². The van der Waals surface area contributed by atoms with Crippen molar-refractivity contribution in [2.75, 3.05) is 14.2 Å². The molecule has 0 spiro atoms. The minimum atomic E-state index is 0.477. The fourth-order valence-electron chi connectivity index (χ4n) is 1.98. The quantitative estimate of drug-likeness (QED) is 0.388. The molecule has 0 aliphatic carbocycles. The van der Waals surface area contributed by atoms with Crippen LogP contribution < -0.4 is 9.47 Å². The summed E-state index contributed by atoms with van der Waals surface area (Å²) in [6.07, 6.45) is 1.31. The van der Waals surface area contributed by atoms with Crippen LogP contribution in [0.3, 0.4) is 0 Å². The molecule has 0 saturated carbocycles. The number of methoxy groups -OCH3 is 2. The summed E-state index contributed by atoms with van der Waals surface area (Å²) in [6, 6.07) is 14.7. The zero-order valence-corrected chi connectivity index (χ0v) is 13.0. The minimum absolute atomic E-state index is 0.477. The third-order valence-corrected chi connectivity index (χ3v) is 3.59. The Bertz CT molecular complexity index is 676. The van der Waals surface area contributed by atoms with Crippen molar-refractivity contribution in [1.29, 1.82) is 0 Å². The standard InChI is InChI=1S/C17H16ClNO3/c1-21-14-7-3-12(4-8-14)16(11-19-20)17(18)13-5-9-15(22-2)10-6-13/h3-11,20H,1-2H3/b17-16+,19-11+. The number of hydrogen-bond donors (Lipinski definition) is 1. The van der Waals surface area contributed by atoms with Gasteiger partial charge in [0, 0.05) is 5.57 Å². The second kappa shape index (κ2) is 7.52. The van der Waals surface area contributed by atoms with E-state index in [2.05, 4.69) is 5.16 Å². The molecule has 22 heavy (non-hydrogen) atoms. The van der Waals surface area contributed by atoms with E-state index in [0.717, 1.165) is 22.6 Å². The molecule has 5 heteroatoms. The first kappa shape index (κ1) is 15.9. The summed E-state index contributed by atoms with van der Waals surface area (Å²) in [5.74, 6) is 1.49. The summed E-state index contributed by atoms with van der Waals surface area (Å²) in [4.78, 5) is 0. The number of halogens is 1. The van der Waals surface area contributed by atoms with Crippen molar-refractivity contribution in [2.45, 2.75) is 0 Å². The van der Waals surface area contributed by atoms with Gasteiger partial charge in [0.15, 0.2) is 0 Å². The SMILES string of the molecule is COc1ccc(/C(Cl)=C(/C=N/O)c2ccc(OC)cc2)cc1. The van der Waals surface area contributed by atoms with E-state index in [1.165, 1.54) is 6.21 Å². The molecule has 2 rings (SSSR count). The summed E-state index contributed by atoms with van der Waals surface area (Å²) in [5, 5.41) is 12.5. The second-order valence-electron chi connectivity index (χ2n) is 4.43. The predicted octanol–water partition coefficient (Wildman–Crippen LogP) is 4.27. The van der Waals surface area contributed by atoms with Gasteiger partial charge in [-0.15, -0.1) is 0 Å².